The lowest BCUT2D eigenvalue weighted by Gasteiger charge is -2.31. The zero-order chi connectivity index (χ0) is 26.8. The van der Waals surface area contributed by atoms with Crippen molar-refractivity contribution in [3.63, 3.8) is 0 Å². The molecule has 1 aliphatic rings. The Kier molecular flexibility index (Phi) is 8.16. The van der Waals surface area contributed by atoms with Crippen LogP contribution < -0.4 is 12.4 Å². The molecular weight excluding hydrogens is 540 g/mol. The molecule has 0 radical (unpaired) electrons. The van der Waals surface area contributed by atoms with Crippen molar-refractivity contribution in [3.8, 4) is 0 Å². The number of benzene rings is 4. The Morgan fingerprint density at radius 2 is 1.52 bits per heavy atom. The number of nitrogens with zero attached hydrogens (tertiary/aromatic N) is 3. The molecule has 0 bridgehead atoms. The number of rotatable bonds is 6. The van der Waals surface area contributed by atoms with Gasteiger partial charge >= 0.3 is 5.12 Å². The molecule has 5 aromatic rings. The van der Waals surface area contributed by atoms with Crippen LogP contribution in [0.3, 0.4) is 0 Å². The van der Waals surface area contributed by atoms with E-state index < -0.39 is 16.9 Å². The van der Waals surface area contributed by atoms with E-state index in [1.54, 1.807) is 0 Å². The lowest BCUT2D eigenvalue weighted by atomic mass is 9.95. The van der Waals surface area contributed by atoms with Crippen LogP contribution in [0.15, 0.2) is 130 Å². The molecule has 0 aliphatic carbocycles. The topological polar surface area (TPSA) is 81.1 Å². The lowest BCUT2D eigenvalue weighted by Crippen LogP contribution is -3.00. The molecule has 0 fully saturated rings. The number of hydrogen-bond donors (Lipinski definition) is 2. The van der Waals surface area contributed by atoms with E-state index in [9.17, 15) is 10.0 Å². The van der Waals surface area contributed by atoms with E-state index in [0.717, 1.165) is 32.5 Å². The van der Waals surface area contributed by atoms with Gasteiger partial charge in [-0.1, -0.05) is 84.4 Å². The van der Waals surface area contributed by atoms with Gasteiger partial charge in [0.2, 0.25) is 5.84 Å². The fraction of sp³-hybridized carbons (Fsp3) is 0.0938. The summed E-state index contributed by atoms with van der Waals surface area (Å²) >= 11 is 0. The van der Waals surface area contributed by atoms with E-state index in [4.69, 9.17) is 0 Å². The maximum Gasteiger partial charge on any atom is 0.368 e. The number of carbonyl (C=O) groups is 1. The average Bonchev–Trinajstić information content (AvgIpc) is 3.41. The van der Waals surface area contributed by atoms with Crippen molar-refractivity contribution in [2.24, 2.45) is 10.2 Å². The summed E-state index contributed by atoms with van der Waals surface area (Å²) in [5.74, 6) is 0.565. The molecule has 1 aromatic heterocycles. The molecule has 200 valence electrons. The van der Waals surface area contributed by atoms with Gasteiger partial charge in [0.05, 0.1) is 5.56 Å². The van der Waals surface area contributed by atoms with Crippen molar-refractivity contribution in [1.82, 2.24) is 10.0 Å². The molecular formula is C32H27ClN4O2S. The first kappa shape index (κ1) is 27.4. The van der Waals surface area contributed by atoms with Crippen molar-refractivity contribution in [2.45, 2.75) is 17.9 Å². The smallest absolute Gasteiger partial charge is 0.368 e. The van der Waals surface area contributed by atoms with Crippen LogP contribution in [-0.2, 0) is 10.9 Å². The molecule has 6 nitrogen and oxygen atoms in total. The van der Waals surface area contributed by atoms with E-state index in [1.165, 1.54) is 5.06 Å². The quantitative estimate of drug-likeness (QED) is 0.309. The van der Waals surface area contributed by atoms with Gasteiger partial charge in [-0.25, -0.2) is 9.86 Å². The number of hydroxylamine groups is 2. The average molecular weight is 567 g/mol. The third-order valence-electron chi connectivity index (χ3n) is 6.84. The standard InChI is InChI=1S/C32H27N4O2S.ClH/c1-22-16-18-25(19-17-22)39(32(37)24-12-6-3-7-13-24)21-29-34-35-30(23-10-4-2-5-11-23)31(36(29)38)27-20-33-28-15-9-8-14-26(27)28;/h2-20,31,33,38H,21H2,1H3;1H/q+1;/p-1. The largest absolute Gasteiger partial charge is 1.00 e. The van der Waals surface area contributed by atoms with Gasteiger partial charge in [0, 0.05) is 28.2 Å². The molecule has 2 atom stereocenters. The van der Waals surface area contributed by atoms with Crippen LogP contribution in [0, 0.1) is 6.92 Å². The molecule has 4 aromatic carbocycles. The SMILES string of the molecule is Cc1ccc([S+](CC2=NN=C(c3ccccc3)C(c3c[nH]c4ccccc34)N2O)C(=O)c2ccccc2)cc1.[Cl-]. The van der Waals surface area contributed by atoms with Gasteiger partial charge in [-0.2, -0.15) is 5.10 Å². The number of hydrogen-bond acceptors (Lipinski definition) is 5. The van der Waals surface area contributed by atoms with E-state index >= 15 is 0 Å². The van der Waals surface area contributed by atoms with Crippen molar-refractivity contribution in [3.05, 3.63) is 138 Å². The number of carbonyl (C=O) groups excluding carboxylic acids is 1. The third kappa shape index (κ3) is 5.31. The first-order valence-corrected chi connectivity index (χ1v) is 14.1. The highest BCUT2D eigenvalue weighted by molar-refractivity contribution is 8.12. The minimum absolute atomic E-state index is 0. The Balaban J connectivity index is 0.00000323. The minimum atomic E-state index is -0.903. The molecule has 2 heterocycles. The number of nitrogens with one attached hydrogen (secondary N) is 1. The Morgan fingerprint density at radius 1 is 0.875 bits per heavy atom. The summed E-state index contributed by atoms with van der Waals surface area (Å²) in [6.07, 6.45) is 1.91. The zero-order valence-electron chi connectivity index (χ0n) is 21.7. The predicted molar refractivity (Wildman–Crippen MR) is 158 cm³/mol. The van der Waals surface area contributed by atoms with Gasteiger partial charge in [-0.15, -0.1) is 5.10 Å². The highest BCUT2D eigenvalue weighted by Gasteiger charge is 2.41. The highest BCUT2D eigenvalue weighted by Crippen LogP contribution is 2.34. The van der Waals surface area contributed by atoms with Crippen LogP contribution in [0.4, 0.5) is 0 Å². The molecule has 0 saturated carbocycles. The number of H-pyrrole nitrogens is 1. The van der Waals surface area contributed by atoms with Gasteiger partial charge in [-0.05, 0) is 37.3 Å². The molecule has 6 rings (SSSR count). The Hall–Kier alpha value is -4.17. The Labute approximate surface area is 241 Å². The molecule has 2 N–H and O–H groups in total. The summed E-state index contributed by atoms with van der Waals surface area (Å²) in [6.45, 7) is 2.02. The Morgan fingerprint density at radius 3 is 2.25 bits per heavy atom. The molecule has 40 heavy (non-hydrogen) atoms. The second-order valence-electron chi connectivity index (χ2n) is 9.41. The fourth-order valence-electron chi connectivity index (χ4n) is 4.80. The highest BCUT2D eigenvalue weighted by atomic mass is 35.5. The third-order valence-corrected chi connectivity index (χ3v) is 8.91. The lowest BCUT2D eigenvalue weighted by molar-refractivity contribution is -0.0354. The summed E-state index contributed by atoms with van der Waals surface area (Å²) in [5.41, 5.74) is 5.10. The van der Waals surface area contributed by atoms with E-state index in [1.807, 2.05) is 122 Å². The number of fused-ring (bicyclic) bond motifs is 1. The van der Waals surface area contributed by atoms with Crippen molar-refractivity contribution >= 4 is 38.5 Å². The molecule has 8 heteroatoms. The summed E-state index contributed by atoms with van der Waals surface area (Å²) < 4.78 is 0. The van der Waals surface area contributed by atoms with Gasteiger partial charge in [0.25, 0.3) is 0 Å². The number of para-hydroxylation sites is 1. The van der Waals surface area contributed by atoms with Crippen LogP contribution >= 0.6 is 0 Å². The first-order chi connectivity index (χ1) is 19.1. The summed E-state index contributed by atoms with van der Waals surface area (Å²) in [5, 5.41) is 23.1. The normalized spacial score (nSPS) is 15.7. The van der Waals surface area contributed by atoms with Crippen LogP contribution in [0.5, 0.6) is 0 Å². The van der Waals surface area contributed by atoms with Crippen molar-refractivity contribution in [1.29, 1.82) is 0 Å². The van der Waals surface area contributed by atoms with Crippen LogP contribution in [0.1, 0.15) is 33.1 Å². The zero-order valence-corrected chi connectivity index (χ0v) is 23.3. The molecule has 0 amide bonds. The van der Waals surface area contributed by atoms with E-state index in [0.29, 0.717) is 17.1 Å². The maximum atomic E-state index is 13.8. The maximum absolute atomic E-state index is 13.8. The van der Waals surface area contributed by atoms with Crippen LogP contribution in [-0.4, -0.2) is 37.7 Å². The predicted octanol–water partition coefficient (Wildman–Crippen LogP) is 3.55. The monoisotopic (exact) mass is 566 g/mol. The molecule has 0 spiro atoms. The summed E-state index contributed by atoms with van der Waals surface area (Å²) in [4.78, 5) is 18.0. The molecule has 0 saturated heterocycles. The number of aromatic amines is 1. The number of aromatic nitrogens is 1. The van der Waals surface area contributed by atoms with Gasteiger partial charge in [0.15, 0.2) is 10.6 Å². The van der Waals surface area contributed by atoms with Crippen molar-refractivity contribution < 1.29 is 22.4 Å². The summed E-state index contributed by atoms with van der Waals surface area (Å²) in [6, 6.07) is 34.4. The minimum Gasteiger partial charge on any atom is -1.00 e. The van der Waals surface area contributed by atoms with E-state index in [-0.39, 0.29) is 23.3 Å². The van der Waals surface area contributed by atoms with Crippen LogP contribution in [0.2, 0.25) is 0 Å². The van der Waals surface area contributed by atoms with Gasteiger partial charge < -0.3 is 17.4 Å². The summed E-state index contributed by atoms with van der Waals surface area (Å²) in [7, 11) is -0.903. The Bertz CT molecular complexity index is 1680. The van der Waals surface area contributed by atoms with Gasteiger partial charge in [0.1, 0.15) is 22.6 Å². The second kappa shape index (κ2) is 11.9. The van der Waals surface area contributed by atoms with Crippen molar-refractivity contribution in [2.75, 3.05) is 5.75 Å². The van der Waals surface area contributed by atoms with Gasteiger partial charge in [-0.3, -0.25) is 5.21 Å². The molecule has 2 unspecified atom stereocenters. The number of aryl methyl sites for hydroxylation is 1. The number of halogens is 1. The van der Waals surface area contributed by atoms with Crippen LogP contribution in [0.25, 0.3) is 10.9 Å². The fourth-order valence-corrected chi connectivity index (χ4v) is 6.64. The molecule has 1 aliphatic heterocycles. The second-order valence-corrected chi connectivity index (χ2v) is 11.3. The first-order valence-electron chi connectivity index (χ1n) is 12.7. The number of amidine groups is 1. The van der Waals surface area contributed by atoms with E-state index in [2.05, 4.69) is 15.2 Å².